The second kappa shape index (κ2) is 4.85. The molecule has 0 aromatic heterocycles. The van der Waals surface area contributed by atoms with Gasteiger partial charge in [-0.2, -0.15) is 0 Å². The number of carbonyl (C=O) groups excluding carboxylic acids is 1. The van der Waals surface area contributed by atoms with Gasteiger partial charge in [0.1, 0.15) is 0 Å². The lowest BCUT2D eigenvalue weighted by Crippen LogP contribution is -2.46. The van der Waals surface area contributed by atoms with E-state index >= 15 is 0 Å². The van der Waals surface area contributed by atoms with Gasteiger partial charge in [-0.3, -0.25) is 4.79 Å². The third-order valence-electron chi connectivity index (χ3n) is 1.90. The van der Waals surface area contributed by atoms with Crippen molar-refractivity contribution in [3.63, 3.8) is 0 Å². The van der Waals surface area contributed by atoms with Crippen LogP contribution in [0.5, 0.6) is 0 Å². The van der Waals surface area contributed by atoms with Crippen LogP contribution in [0.2, 0.25) is 0 Å². The minimum absolute atomic E-state index is 0.0453. The topological polar surface area (TPSA) is 38.8 Å². The molecule has 0 aromatic rings. The number of terminal acetylenes is 1. The van der Waals surface area contributed by atoms with Crippen LogP contribution in [0, 0.1) is 12.3 Å². The highest BCUT2D eigenvalue weighted by molar-refractivity contribution is 5.92. The average Bonchev–Trinajstić information content (AvgIpc) is 2.18. The van der Waals surface area contributed by atoms with Crippen LogP contribution in [-0.2, 0) is 14.3 Å². The summed E-state index contributed by atoms with van der Waals surface area (Å²) in [5.74, 6) is 1.81. The summed E-state index contributed by atoms with van der Waals surface area (Å²) in [6.45, 7) is 2.12. The third-order valence-corrected chi connectivity index (χ3v) is 1.90. The molecular weight excluding hydrogens is 170 g/mol. The van der Waals surface area contributed by atoms with Crippen LogP contribution in [-0.4, -0.2) is 50.3 Å². The van der Waals surface area contributed by atoms with Crippen molar-refractivity contribution in [1.29, 1.82) is 0 Å². The molecule has 1 saturated heterocycles. The molecule has 4 heteroatoms. The van der Waals surface area contributed by atoms with Crippen LogP contribution >= 0.6 is 0 Å². The molecule has 1 aliphatic heterocycles. The van der Waals surface area contributed by atoms with Gasteiger partial charge in [-0.1, -0.05) is 0 Å². The number of methoxy groups -OCH3 is 1. The Morgan fingerprint density at radius 1 is 1.85 bits per heavy atom. The van der Waals surface area contributed by atoms with E-state index in [1.54, 1.807) is 12.0 Å². The molecule has 1 amide bonds. The Balaban J connectivity index is 2.42. The minimum atomic E-state index is -0.274. The van der Waals surface area contributed by atoms with Gasteiger partial charge in [0.15, 0.2) is 0 Å². The Morgan fingerprint density at radius 2 is 2.62 bits per heavy atom. The molecule has 4 nitrogen and oxygen atoms in total. The lowest BCUT2D eigenvalue weighted by atomic mass is 10.3. The van der Waals surface area contributed by atoms with Gasteiger partial charge in [-0.05, 0) is 5.92 Å². The monoisotopic (exact) mass is 183 g/mol. The van der Waals surface area contributed by atoms with Gasteiger partial charge in [0, 0.05) is 13.7 Å². The first kappa shape index (κ1) is 10.0. The summed E-state index contributed by atoms with van der Waals surface area (Å²) in [4.78, 5) is 12.7. The van der Waals surface area contributed by atoms with Crippen molar-refractivity contribution in [1.82, 2.24) is 4.90 Å². The number of morpholine rings is 1. The molecule has 72 valence electrons. The summed E-state index contributed by atoms with van der Waals surface area (Å²) < 4.78 is 10.3. The zero-order valence-electron chi connectivity index (χ0n) is 7.66. The molecule has 1 fully saturated rings. The van der Waals surface area contributed by atoms with Crippen molar-refractivity contribution >= 4 is 5.91 Å². The molecule has 1 unspecified atom stereocenters. The summed E-state index contributed by atoms with van der Waals surface area (Å²) in [6.07, 6.45) is 4.96. The highest BCUT2D eigenvalue weighted by Crippen LogP contribution is 2.05. The first-order chi connectivity index (χ1) is 6.27. The van der Waals surface area contributed by atoms with E-state index in [1.165, 1.54) is 0 Å². The van der Waals surface area contributed by atoms with Crippen molar-refractivity contribution in [2.24, 2.45) is 0 Å². The first-order valence-electron chi connectivity index (χ1n) is 4.14. The zero-order valence-corrected chi connectivity index (χ0v) is 7.66. The first-order valence-corrected chi connectivity index (χ1v) is 4.14. The molecule has 0 radical (unpaired) electrons. The van der Waals surface area contributed by atoms with E-state index in [4.69, 9.17) is 15.9 Å². The fourth-order valence-corrected chi connectivity index (χ4v) is 1.28. The Kier molecular flexibility index (Phi) is 3.74. The quantitative estimate of drug-likeness (QED) is 0.541. The van der Waals surface area contributed by atoms with Crippen LogP contribution in [0.1, 0.15) is 0 Å². The lowest BCUT2D eigenvalue weighted by Gasteiger charge is -2.31. The summed E-state index contributed by atoms with van der Waals surface area (Å²) in [5.41, 5.74) is 0. The Morgan fingerprint density at radius 3 is 3.23 bits per heavy atom. The number of hydrogen-bond acceptors (Lipinski definition) is 3. The molecule has 1 heterocycles. The lowest BCUT2D eigenvalue weighted by molar-refractivity contribution is -0.134. The predicted molar refractivity (Wildman–Crippen MR) is 47.0 cm³/mol. The molecule has 0 bridgehead atoms. The Labute approximate surface area is 77.8 Å². The Hall–Kier alpha value is -1.05. The average molecular weight is 183 g/mol. The number of nitrogens with zero attached hydrogens (tertiary/aromatic N) is 1. The normalized spacial score (nSPS) is 22.5. The maximum absolute atomic E-state index is 11.1. The second-order valence-corrected chi connectivity index (χ2v) is 2.84. The highest BCUT2D eigenvalue weighted by atomic mass is 16.5. The van der Waals surface area contributed by atoms with E-state index in [2.05, 4.69) is 5.92 Å². The minimum Gasteiger partial charge on any atom is -0.382 e. The SMILES string of the molecule is C#CC(=O)N1CCOC(COC)C1. The standard InChI is InChI=1S/C9H13NO3/c1-3-9(11)10-4-5-13-8(6-10)7-12-2/h1,8H,4-7H2,2H3. The smallest absolute Gasteiger partial charge is 0.298 e. The second-order valence-electron chi connectivity index (χ2n) is 2.84. The maximum atomic E-state index is 11.1. The molecule has 13 heavy (non-hydrogen) atoms. The van der Waals surface area contributed by atoms with Crippen LogP contribution in [0.3, 0.4) is 0 Å². The molecular formula is C9H13NO3. The summed E-state index contributed by atoms with van der Waals surface area (Å²) in [6, 6.07) is 0. The number of ether oxygens (including phenoxy) is 2. The van der Waals surface area contributed by atoms with E-state index in [1.807, 2.05) is 0 Å². The van der Waals surface area contributed by atoms with Crippen molar-refractivity contribution in [3.8, 4) is 12.3 Å². The van der Waals surface area contributed by atoms with Gasteiger partial charge in [0.05, 0.1) is 25.9 Å². The molecule has 1 atom stereocenters. The van der Waals surface area contributed by atoms with E-state index in [0.717, 1.165) is 0 Å². The molecule has 1 rings (SSSR count). The molecule has 0 spiro atoms. The van der Waals surface area contributed by atoms with Gasteiger partial charge in [-0.25, -0.2) is 0 Å². The Bertz CT molecular complexity index is 219. The fraction of sp³-hybridized carbons (Fsp3) is 0.667. The third kappa shape index (κ3) is 2.72. The van der Waals surface area contributed by atoms with Gasteiger partial charge >= 0.3 is 0 Å². The van der Waals surface area contributed by atoms with Crippen LogP contribution in [0.4, 0.5) is 0 Å². The van der Waals surface area contributed by atoms with Gasteiger partial charge in [-0.15, -0.1) is 6.42 Å². The van der Waals surface area contributed by atoms with E-state index in [0.29, 0.717) is 26.3 Å². The zero-order chi connectivity index (χ0) is 9.68. The van der Waals surface area contributed by atoms with Crippen molar-refractivity contribution in [2.75, 3.05) is 33.4 Å². The number of amides is 1. The number of rotatable bonds is 2. The van der Waals surface area contributed by atoms with Crippen molar-refractivity contribution < 1.29 is 14.3 Å². The van der Waals surface area contributed by atoms with Crippen molar-refractivity contribution in [2.45, 2.75) is 6.10 Å². The molecule has 0 N–H and O–H groups in total. The number of carbonyl (C=O) groups is 1. The van der Waals surface area contributed by atoms with E-state index in [-0.39, 0.29) is 12.0 Å². The summed E-state index contributed by atoms with van der Waals surface area (Å²) in [5, 5.41) is 0. The van der Waals surface area contributed by atoms with Gasteiger partial charge in [0.2, 0.25) is 0 Å². The highest BCUT2D eigenvalue weighted by Gasteiger charge is 2.22. The van der Waals surface area contributed by atoms with Crippen LogP contribution in [0.15, 0.2) is 0 Å². The maximum Gasteiger partial charge on any atom is 0.298 e. The van der Waals surface area contributed by atoms with E-state index in [9.17, 15) is 4.79 Å². The molecule has 0 aliphatic carbocycles. The molecule has 0 saturated carbocycles. The van der Waals surface area contributed by atoms with E-state index < -0.39 is 0 Å². The van der Waals surface area contributed by atoms with Crippen LogP contribution < -0.4 is 0 Å². The van der Waals surface area contributed by atoms with Gasteiger partial charge in [0.25, 0.3) is 5.91 Å². The number of hydrogen-bond donors (Lipinski definition) is 0. The fourth-order valence-electron chi connectivity index (χ4n) is 1.28. The molecule has 1 aliphatic rings. The van der Waals surface area contributed by atoms with Gasteiger partial charge < -0.3 is 14.4 Å². The van der Waals surface area contributed by atoms with Crippen LogP contribution in [0.25, 0.3) is 0 Å². The molecule has 0 aromatic carbocycles. The largest absolute Gasteiger partial charge is 0.382 e. The summed E-state index contributed by atoms with van der Waals surface area (Å²) >= 11 is 0. The van der Waals surface area contributed by atoms with Crippen molar-refractivity contribution in [3.05, 3.63) is 0 Å². The predicted octanol–water partition coefficient (Wildman–Crippen LogP) is -0.507. The summed E-state index contributed by atoms with van der Waals surface area (Å²) in [7, 11) is 1.60.